The highest BCUT2D eigenvalue weighted by atomic mass is 32.2. The van der Waals surface area contributed by atoms with Crippen LogP contribution in [0.25, 0.3) is 25.1 Å². The minimum atomic E-state index is -5.77. The zero-order chi connectivity index (χ0) is 22.4. The number of carbonyl (C=O) groups is 1. The van der Waals surface area contributed by atoms with E-state index in [0.717, 1.165) is 20.4 Å². The molecule has 0 aliphatic rings. The maximum Gasteiger partial charge on any atom is 0.434 e. The lowest BCUT2D eigenvalue weighted by atomic mass is 10.1. The molecule has 31 heavy (non-hydrogen) atoms. The summed E-state index contributed by atoms with van der Waals surface area (Å²) in [5.41, 5.74) is -0.376. The number of ether oxygens (including phenoxy) is 1. The van der Waals surface area contributed by atoms with Crippen LogP contribution in [-0.4, -0.2) is 24.4 Å². The van der Waals surface area contributed by atoms with E-state index >= 15 is 0 Å². The lowest BCUT2D eigenvalue weighted by Crippen LogP contribution is -2.45. The molecule has 0 bridgehead atoms. The van der Waals surface area contributed by atoms with Gasteiger partial charge in [-0.2, -0.15) is 26.3 Å². The number of esters is 1. The fraction of sp³-hybridized carbons (Fsp3) is 0.136. The summed E-state index contributed by atoms with van der Waals surface area (Å²) in [5, 5.41) is 1.66. The third-order valence-corrected chi connectivity index (χ3v) is 6.95. The predicted octanol–water partition coefficient (Wildman–Crippen LogP) is 7.38. The van der Waals surface area contributed by atoms with Crippen molar-refractivity contribution in [3.05, 3.63) is 78.4 Å². The molecule has 4 rings (SSSR count). The van der Waals surface area contributed by atoms with E-state index in [9.17, 15) is 31.1 Å². The van der Waals surface area contributed by atoms with E-state index in [1.807, 2.05) is 54.6 Å². The Morgan fingerprint density at radius 1 is 0.742 bits per heavy atom. The Morgan fingerprint density at radius 3 is 1.97 bits per heavy atom. The molecular weight excluding hydrogens is 442 g/mol. The molecule has 160 valence electrons. The quantitative estimate of drug-likeness (QED) is 0.183. The Bertz CT molecular complexity index is 1240. The normalized spacial score (nSPS) is 13.2. The Hall–Kier alpha value is -3.07. The number of carbonyl (C=O) groups excluding carboxylic acids is 1. The van der Waals surface area contributed by atoms with Crippen LogP contribution < -0.4 is 0 Å². The predicted molar refractivity (Wildman–Crippen MR) is 107 cm³/mol. The van der Waals surface area contributed by atoms with Gasteiger partial charge in [-0.3, -0.25) is 0 Å². The topological polar surface area (TPSA) is 26.3 Å². The van der Waals surface area contributed by atoms with Crippen LogP contribution in [0.2, 0.25) is 0 Å². The standard InChI is InChI=1S/C22H13F6O2S/c23-21(24,25)20(22(26,27)28)30-19(29)13-10-11-16-15-8-4-5-9-17(15)31(18(16)12-13)14-6-2-1-3-7-14/h1-12,20H/q+1. The monoisotopic (exact) mass is 455 g/mol. The summed E-state index contributed by atoms with van der Waals surface area (Å²) in [6.07, 6.45) is -15.7. The number of benzene rings is 3. The second-order valence-corrected chi connectivity index (χ2v) is 8.66. The summed E-state index contributed by atoms with van der Waals surface area (Å²) in [6.45, 7) is 0. The first kappa shape index (κ1) is 21.2. The zero-order valence-corrected chi connectivity index (χ0v) is 16.3. The fourth-order valence-corrected chi connectivity index (χ4v) is 5.76. The number of rotatable bonds is 3. The Balaban J connectivity index is 1.85. The van der Waals surface area contributed by atoms with Gasteiger partial charge in [-0.05, 0) is 36.4 Å². The highest BCUT2D eigenvalue weighted by Crippen LogP contribution is 2.48. The average molecular weight is 455 g/mol. The third kappa shape index (κ3) is 3.97. The van der Waals surface area contributed by atoms with Crippen LogP contribution in [0.15, 0.2) is 72.8 Å². The summed E-state index contributed by atoms with van der Waals surface area (Å²) in [7, 11) is -0.666. The van der Waals surface area contributed by atoms with Crippen LogP contribution in [0.5, 0.6) is 0 Å². The molecule has 1 unspecified atom stereocenters. The van der Waals surface area contributed by atoms with Gasteiger partial charge < -0.3 is 4.74 Å². The highest BCUT2D eigenvalue weighted by molar-refractivity contribution is 7.50. The number of fused-ring (bicyclic) bond motifs is 3. The third-order valence-electron chi connectivity index (χ3n) is 4.63. The van der Waals surface area contributed by atoms with Crippen molar-refractivity contribution >= 4 is 36.6 Å². The van der Waals surface area contributed by atoms with Crippen LogP contribution in [0.4, 0.5) is 26.3 Å². The first-order valence-corrected chi connectivity index (χ1v) is 10.2. The van der Waals surface area contributed by atoms with E-state index < -0.39 is 34.9 Å². The van der Waals surface area contributed by atoms with Crippen LogP contribution in [0.1, 0.15) is 10.4 Å². The summed E-state index contributed by atoms with van der Waals surface area (Å²) in [6, 6.07) is 20.7. The van der Waals surface area contributed by atoms with Gasteiger partial charge in [0.25, 0.3) is 6.10 Å². The molecule has 0 spiro atoms. The summed E-state index contributed by atoms with van der Waals surface area (Å²) in [4.78, 5) is 13.2. The summed E-state index contributed by atoms with van der Waals surface area (Å²) in [5.74, 6) is -1.69. The molecule has 0 saturated heterocycles. The van der Waals surface area contributed by atoms with E-state index in [1.165, 1.54) is 18.2 Å². The minimum absolute atomic E-state index is 0.376. The van der Waals surface area contributed by atoms with Crippen molar-refractivity contribution in [2.24, 2.45) is 0 Å². The fourth-order valence-electron chi connectivity index (χ4n) is 3.33. The maximum absolute atomic E-state index is 12.8. The van der Waals surface area contributed by atoms with Gasteiger partial charge >= 0.3 is 18.3 Å². The molecule has 2 nitrogen and oxygen atoms in total. The molecule has 0 aliphatic carbocycles. The molecule has 0 radical (unpaired) electrons. The van der Waals surface area contributed by atoms with Crippen molar-refractivity contribution in [1.29, 1.82) is 0 Å². The number of alkyl halides is 6. The maximum atomic E-state index is 12.8. The van der Waals surface area contributed by atoms with E-state index in [-0.39, 0.29) is 5.56 Å². The summed E-state index contributed by atoms with van der Waals surface area (Å²) < 4.78 is 82.1. The van der Waals surface area contributed by atoms with Gasteiger partial charge in [0.15, 0.2) is 14.3 Å². The Kier molecular flexibility index (Phi) is 5.17. The van der Waals surface area contributed by atoms with Gasteiger partial charge in [0.05, 0.1) is 5.56 Å². The van der Waals surface area contributed by atoms with Gasteiger partial charge in [-0.15, -0.1) is 0 Å². The Morgan fingerprint density at radius 2 is 1.32 bits per heavy atom. The molecule has 0 amide bonds. The minimum Gasteiger partial charge on any atom is -0.439 e. The van der Waals surface area contributed by atoms with Gasteiger partial charge in [0, 0.05) is 27.3 Å². The highest BCUT2D eigenvalue weighted by Gasteiger charge is 2.60. The van der Waals surface area contributed by atoms with E-state index in [0.29, 0.717) is 4.70 Å². The number of halogens is 6. The summed E-state index contributed by atoms with van der Waals surface area (Å²) >= 11 is 0. The Labute approximate surface area is 174 Å². The smallest absolute Gasteiger partial charge is 0.434 e. The van der Waals surface area contributed by atoms with Crippen molar-refractivity contribution in [3.8, 4) is 4.90 Å². The molecule has 3 aromatic carbocycles. The van der Waals surface area contributed by atoms with Crippen LogP contribution >= 0.6 is 10.5 Å². The number of hydrogen-bond donors (Lipinski definition) is 0. The largest absolute Gasteiger partial charge is 0.439 e. The average Bonchev–Trinajstić information content (AvgIpc) is 3.04. The molecule has 0 aliphatic heterocycles. The van der Waals surface area contributed by atoms with Crippen molar-refractivity contribution in [1.82, 2.24) is 0 Å². The lowest BCUT2D eigenvalue weighted by molar-refractivity contribution is -0.307. The molecule has 1 atom stereocenters. The lowest BCUT2D eigenvalue weighted by Gasteiger charge is -2.22. The number of thiophene rings is 1. The van der Waals surface area contributed by atoms with Crippen molar-refractivity contribution < 1.29 is 35.9 Å². The number of hydrogen-bond acceptors (Lipinski definition) is 2. The van der Waals surface area contributed by atoms with Gasteiger partial charge in [-0.1, -0.05) is 30.3 Å². The molecule has 0 saturated carbocycles. The molecule has 1 heterocycles. The zero-order valence-electron chi connectivity index (χ0n) is 15.5. The van der Waals surface area contributed by atoms with Gasteiger partial charge in [-0.25, -0.2) is 4.79 Å². The van der Waals surface area contributed by atoms with Gasteiger partial charge in [0.2, 0.25) is 0 Å². The van der Waals surface area contributed by atoms with Crippen molar-refractivity contribution in [3.63, 3.8) is 0 Å². The second kappa shape index (κ2) is 7.56. The molecule has 0 fully saturated rings. The molecule has 0 N–H and O–H groups in total. The van der Waals surface area contributed by atoms with Crippen molar-refractivity contribution in [2.45, 2.75) is 18.5 Å². The molecule has 9 heteroatoms. The van der Waals surface area contributed by atoms with Crippen LogP contribution in [-0.2, 0) is 4.74 Å². The molecule has 4 aromatic rings. The molecule has 1 aromatic heterocycles. The van der Waals surface area contributed by atoms with Crippen LogP contribution in [0.3, 0.4) is 0 Å². The van der Waals surface area contributed by atoms with Crippen molar-refractivity contribution in [2.75, 3.05) is 0 Å². The first-order chi connectivity index (χ1) is 14.6. The van der Waals surface area contributed by atoms with Gasteiger partial charge in [0.1, 0.15) is 0 Å². The van der Waals surface area contributed by atoms with E-state index in [2.05, 4.69) is 4.74 Å². The molecular formula is C22H13F6O2S+. The van der Waals surface area contributed by atoms with E-state index in [1.54, 1.807) is 0 Å². The van der Waals surface area contributed by atoms with Crippen LogP contribution in [0, 0.1) is 0 Å². The first-order valence-electron chi connectivity index (χ1n) is 8.94. The SMILES string of the molecule is O=C(OC(C(F)(F)F)C(F)(F)F)c1ccc2c3ccccc3[s+](-c3ccccc3)c2c1. The second-order valence-electron chi connectivity index (χ2n) is 6.69. The van der Waals surface area contributed by atoms with E-state index in [4.69, 9.17) is 0 Å².